The first kappa shape index (κ1) is 31.8. The normalized spacial score (nSPS) is 17.8. The molecule has 24 heteroatoms. The maximum Gasteiger partial charge on any atom is 0.460 e. The summed E-state index contributed by atoms with van der Waals surface area (Å²) in [7, 11) is 0. The third kappa shape index (κ3) is 3.62. The van der Waals surface area contributed by atoms with Crippen LogP contribution in [0.2, 0.25) is 0 Å². The van der Waals surface area contributed by atoms with Gasteiger partial charge in [-0.3, -0.25) is 0 Å². The van der Waals surface area contributed by atoms with E-state index in [-0.39, 0.29) is 5.11 Å². The van der Waals surface area contributed by atoms with Gasteiger partial charge in [0.15, 0.2) is 0 Å². The van der Waals surface area contributed by atoms with Crippen LogP contribution in [0.5, 0.6) is 0 Å². The molecule has 0 saturated carbocycles. The van der Waals surface area contributed by atoms with E-state index >= 15 is 0 Å². The van der Waals surface area contributed by atoms with Gasteiger partial charge < -0.3 is 0 Å². The van der Waals surface area contributed by atoms with E-state index in [0.29, 0.717) is 4.91 Å². The fraction of sp³-hybridized carbons (Fsp3) is 1.00. The van der Waals surface area contributed by atoms with Gasteiger partial charge in [0.2, 0.25) is 0 Å². The fourth-order valence-corrected chi connectivity index (χ4v) is 2.00. The molecule has 0 aromatic rings. The lowest BCUT2D eigenvalue weighted by Gasteiger charge is -2.47. The van der Waals surface area contributed by atoms with Gasteiger partial charge in [-0.15, -0.1) is 0 Å². The Hall–Kier alpha value is -2.16. The van der Waals surface area contributed by atoms with Crippen LogP contribution in [0.3, 0.4) is 0 Å². The topological polar surface area (TPSA) is 48.8 Å². The molecule has 0 radical (unpaired) electrons. The Labute approximate surface area is 169 Å². The molecule has 3 nitrogen and oxygen atoms in total. The van der Waals surface area contributed by atoms with E-state index in [0.717, 1.165) is 0 Å². The summed E-state index contributed by atoms with van der Waals surface area (Å²) in [5.41, 5.74) is -0.848. The minimum absolute atomic E-state index is 0.0771. The minimum atomic E-state index is -9.30. The van der Waals surface area contributed by atoms with Gasteiger partial charge in [0.25, 0.3) is 5.54 Å². The monoisotopic (exact) mass is 561 g/mol. The van der Waals surface area contributed by atoms with Crippen molar-refractivity contribution in [1.29, 1.82) is 0 Å². The van der Waals surface area contributed by atoms with E-state index in [1.807, 2.05) is 0 Å². The third-order valence-electron chi connectivity index (χ3n) is 3.80. The molecule has 0 amide bonds. The van der Waals surface area contributed by atoms with Crippen LogP contribution in [-0.4, -0.2) is 59.6 Å². The highest BCUT2D eigenvalue weighted by atomic mass is 19.4. The zero-order valence-electron chi connectivity index (χ0n) is 14.3. The van der Waals surface area contributed by atoms with Crippen molar-refractivity contribution in [3.05, 3.63) is 10.4 Å². The van der Waals surface area contributed by atoms with Crippen molar-refractivity contribution < 1.29 is 92.2 Å². The smallest absolute Gasteiger partial charge is 0.198 e. The quantitative estimate of drug-likeness (QED) is 0.134. The van der Waals surface area contributed by atoms with E-state index < -0.39 is 59.6 Å². The molecule has 0 saturated heterocycles. The van der Waals surface area contributed by atoms with Crippen molar-refractivity contribution in [2.75, 3.05) is 0 Å². The Morgan fingerprint density at radius 2 is 0.618 bits per heavy atom. The van der Waals surface area contributed by atoms with Gasteiger partial charge >= 0.3 is 54.1 Å². The second kappa shape index (κ2) is 7.67. The van der Waals surface area contributed by atoms with Gasteiger partial charge in [-0.1, -0.05) is 5.11 Å². The predicted octanol–water partition coefficient (Wildman–Crippen LogP) is 7.53. The van der Waals surface area contributed by atoms with Crippen LogP contribution >= 0.6 is 0 Å². The molecule has 202 valence electrons. The SMILES string of the molecule is [N-]=[N+]=NC(C(F)(F)F)(C(F)(F)C(F)(F)F)C(F)(F)C(F)(F)C(F)(F)C(F)(F)C(F)(F)C(F)(F)F. The van der Waals surface area contributed by atoms with E-state index in [2.05, 4.69) is 0 Å². The van der Waals surface area contributed by atoms with Crippen LogP contribution in [-0.2, 0) is 0 Å². The van der Waals surface area contributed by atoms with Crippen molar-refractivity contribution in [3.8, 4) is 0 Å². The molecule has 0 heterocycles. The first-order valence-corrected chi connectivity index (χ1v) is 6.84. The Morgan fingerprint density at radius 3 is 0.853 bits per heavy atom. The Morgan fingerprint density at radius 1 is 0.353 bits per heavy atom. The molecule has 0 aliphatic heterocycles. The van der Waals surface area contributed by atoms with Crippen molar-refractivity contribution >= 4 is 0 Å². The summed E-state index contributed by atoms with van der Waals surface area (Å²) in [6, 6.07) is 0. The van der Waals surface area contributed by atoms with Crippen LogP contribution in [0.4, 0.5) is 92.2 Å². The number of hydrogen-bond acceptors (Lipinski definition) is 1. The molecule has 0 aliphatic carbocycles. The number of azide groups is 1. The summed E-state index contributed by atoms with van der Waals surface area (Å²) in [6.07, 6.45) is -24.7. The largest absolute Gasteiger partial charge is 0.460 e. The molecule has 0 N–H and O–H groups in total. The lowest BCUT2D eigenvalue weighted by molar-refractivity contribution is -0.466. The van der Waals surface area contributed by atoms with Gasteiger partial charge in [0.05, 0.1) is 0 Å². The first-order valence-electron chi connectivity index (χ1n) is 6.84. The number of nitrogens with zero attached hydrogens (tertiary/aromatic N) is 3. The lowest BCUT2D eigenvalue weighted by Crippen LogP contribution is -2.80. The average molecular weight is 561 g/mol. The molecule has 1 atom stereocenters. The summed E-state index contributed by atoms with van der Waals surface area (Å²) < 4.78 is 271. The van der Waals surface area contributed by atoms with Crippen LogP contribution in [0.1, 0.15) is 0 Å². The van der Waals surface area contributed by atoms with Crippen LogP contribution in [0.15, 0.2) is 5.11 Å². The molecule has 0 aromatic heterocycles. The number of alkyl halides is 21. The number of rotatable bonds is 7. The van der Waals surface area contributed by atoms with Crippen LogP contribution in [0.25, 0.3) is 10.4 Å². The van der Waals surface area contributed by atoms with Gasteiger partial charge in [0.1, 0.15) is 0 Å². The molecule has 0 aliphatic rings. The molecular formula is C10F21N3. The van der Waals surface area contributed by atoms with Crippen LogP contribution in [0, 0.1) is 0 Å². The molecule has 0 rings (SSSR count). The van der Waals surface area contributed by atoms with E-state index in [1.54, 1.807) is 0 Å². The van der Waals surface area contributed by atoms with E-state index in [1.165, 1.54) is 0 Å². The predicted molar refractivity (Wildman–Crippen MR) is 59.7 cm³/mol. The van der Waals surface area contributed by atoms with Gasteiger partial charge in [-0.05, 0) is 5.53 Å². The highest BCUT2D eigenvalue weighted by molar-refractivity contribution is 5.24. The Balaban J connectivity index is 7.77. The summed E-state index contributed by atoms with van der Waals surface area (Å²) in [6.45, 7) is 0. The maximum absolute atomic E-state index is 13.9. The number of halogens is 21. The second-order valence-corrected chi connectivity index (χ2v) is 5.84. The minimum Gasteiger partial charge on any atom is -0.198 e. The standard InChI is InChI=1S/C10F21N3/c11-2(12,1(33-34-32,8(23,24)25)3(13,14)9(26,27)28)4(15,16)5(17,18)6(19,20)7(21,22)10(29,30)31. The highest BCUT2D eigenvalue weighted by Gasteiger charge is 2.99. The summed E-state index contributed by atoms with van der Waals surface area (Å²) in [5.74, 6) is -53.8. The molecular weight excluding hydrogens is 561 g/mol. The maximum atomic E-state index is 13.9. The first-order chi connectivity index (χ1) is 14.3. The second-order valence-electron chi connectivity index (χ2n) is 5.84. The molecule has 0 spiro atoms. The zero-order chi connectivity index (χ0) is 28.4. The van der Waals surface area contributed by atoms with Crippen LogP contribution < -0.4 is 0 Å². The van der Waals surface area contributed by atoms with E-state index in [4.69, 9.17) is 5.53 Å². The highest BCUT2D eigenvalue weighted by Crippen LogP contribution is 2.67. The van der Waals surface area contributed by atoms with Crippen molar-refractivity contribution in [2.24, 2.45) is 5.11 Å². The molecule has 0 aromatic carbocycles. The Bertz CT molecular complexity index is 808. The van der Waals surface area contributed by atoms with Gasteiger partial charge in [-0.2, -0.15) is 92.2 Å². The van der Waals surface area contributed by atoms with Gasteiger partial charge in [-0.25, -0.2) is 0 Å². The molecule has 1 unspecified atom stereocenters. The summed E-state index contributed by atoms with van der Waals surface area (Å²) >= 11 is 0. The van der Waals surface area contributed by atoms with E-state index in [9.17, 15) is 92.2 Å². The molecule has 0 fully saturated rings. The lowest BCUT2D eigenvalue weighted by atomic mass is 9.77. The van der Waals surface area contributed by atoms with Crippen molar-refractivity contribution in [3.63, 3.8) is 0 Å². The molecule has 34 heavy (non-hydrogen) atoms. The Kier molecular flexibility index (Phi) is 7.18. The van der Waals surface area contributed by atoms with Gasteiger partial charge in [0, 0.05) is 4.91 Å². The van der Waals surface area contributed by atoms with Crippen molar-refractivity contribution in [1.82, 2.24) is 0 Å². The average Bonchev–Trinajstić information content (AvgIpc) is 2.55. The fourth-order valence-electron chi connectivity index (χ4n) is 2.00. The third-order valence-corrected chi connectivity index (χ3v) is 3.80. The van der Waals surface area contributed by atoms with Crippen molar-refractivity contribution in [2.45, 2.75) is 59.6 Å². The number of hydrogen-bond donors (Lipinski definition) is 0. The molecule has 0 bridgehead atoms. The summed E-state index contributed by atoms with van der Waals surface area (Å²) in [4.78, 5) is 0.318. The summed E-state index contributed by atoms with van der Waals surface area (Å²) in [5, 5.41) is 0.0771. The zero-order valence-corrected chi connectivity index (χ0v) is 14.3.